The van der Waals surface area contributed by atoms with Crippen LogP contribution in [0.15, 0.2) is 22.5 Å². The molecule has 0 saturated carbocycles. The number of nitrogens with one attached hydrogen (secondary N) is 1. The average Bonchev–Trinajstić information content (AvgIpc) is 2.76. The van der Waals surface area contributed by atoms with Gasteiger partial charge in [0.15, 0.2) is 4.34 Å². The standard InChI is InChI=1S/C11H11IN4OS2/c1-6-4-7(12)2-3-8(6)14-9(17)5-18-11-16-15-10(13)19-11/h2-4H,5H2,1H3,(H2,13,15)(H,14,17). The molecule has 1 aromatic carbocycles. The van der Waals surface area contributed by atoms with Crippen molar-refractivity contribution < 1.29 is 4.79 Å². The van der Waals surface area contributed by atoms with Gasteiger partial charge < -0.3 is 11.1 Å². The highest BCUT2D eigenvalue weighted by atomic mass is 127. The van der Waals surface area contributed by atoms with Gasteiger partial charge in [-0.2, -0.15) is 0 Å². The molecule has 1 heterocycles. The Balaban J connectivity index is 1.90. The quantitative estimate of drug-likeness (QED) is 0.603. The van der Waals surface area contributed by atoms with Crippen molar-refractivity contribution in [3.8, 4) is 0 Å². The van der Waals surface area contributed by atoms with Gasteiger partial charge in [0.2, 0.25) is 11.0 Å². The average molecular weight is 406 g/mol. The molecular weight excluding hydrogens is 395 g/mol. The van der Waals surface area contributed by atoms with Crippen LogP contribution in [-0.4, -0.2) is 21.9 Å². The van der Waals surface area contributed by atoms with Crippen LogP contribution in [0.3, 0.4) is 0 Å². The van der Waals surface area contributed by atoms with E-state index in [1.807, 2.05) is 25.1 Å². The number of halogens is 1. The first kappa shape index (κ1) is 14.5. The van der Waals surface area contributed by atoms with Gasteiger partial charge in [-0.25, -0.2) is 0 Å². The lowest BCUT2D eigenvalue weighted by Crippen LogP contribution is -2.14. The topological polar surface area (TPSA) is 80.9 Å². The molecule has 0 radical (unpaired) electrons. The van der Waals surface area contributed by atoms with Crippen LogP contribution < -0.4 is 11.1 Å². The number of anilines is 2. The molecule has 0 bridgehead atoms. The van der Waals surface area contributed by atoms with Gasteiger partial charge in [-0.1, -0.05) is 23.1 Å². The molecule has 3 N–H and O–H groups in total. The molecule has 0 spiro atoms. The Labute approximate surface area is 132 Å². The van der Waals surface area contributed by atoms with E-state index in [9.17, 15) is 4.79 Å². The van der Waals surface area contributed by atoms with E-state index in [1.165, 1.54) is 23.1 Å². The number of amides is 1. The number of nitrogens with two attached hydrogens (primary N) is 1. The van der Waals surface area contributed by atoms with Crippen molar-refractivity contribution in [2.75, 3.05) is 16.8 Å². The first-order valence-electron chi connectivity index (χ1n) is 5.32. The first-order valence-corrected chi connectivity index (χ1v) is 8.20. The number of nitrogens with zero attached hydrogens (tertiary/aromatic N) is 2. The number of nitrogen functional groups attached to an aromatic ring is 1. The van der Waals surface area contributed by atoms with E-state index in [1.54, 1.807) is 0 Å². The Hall–Kier alpha value is -0.870. The molecule has 2 rings (SSSR count). The molecule has 0 aliphatic heterocycles. The molecule has 2 aromatic rings. The lowest BCUT2D eigenvalue weighted by Gasteiger charge is -2.07. The van der Waals surface area contributed by atoms with Gasteiger partial charge in [0.25, 0.3) is 0 Å². The van der Waals surface area contributed by atoms with Gasteiger partial charge in [0.1, 0.15) is 0 Å². The van der Waals surface area contributed by atoms with Crippen molar-refractivity contribution in [1.29, 1.82) is 0 Å². The Morgan fingerprint density at radius 1 is 1.53 bits per heavy atom. The zero-order chi connectivity index (χ0) is 13.8. The highest BCUT2D eigenvalue weighted by Gasteiger charge is 2.08. The SMILES string of the molecule is Cc1cc(I)ccc1NC(=O)CSc1nnc(N)s1. The van der Waals surface area contributed by atoms with Crippen LogP contribution in [0.2, 0.25) is 0 Å². The first-order chi connectivity index (χ1) is 9.04. The van der Waals surface area contributed by atoms with Gasteiger partial charge >= 0.3 is 0 Å². The summed E-state index contributed by atoms with van der Waals surface area (Å²) >= 11 is 4.85. The zero-order valence-electron chi connectivity index (χ0n) is 10.0. The van der Waals surface area contributed by atoms with Crippen LogP contribution in [0, 0.1) is 10.5 Å². The predicted molar refractivity (Wildman–Crippen MR) is 87.6 cm³/mol. The Morgan fingerprint density at radius 3 is 2.95 bits per heavy atom. The van der Waals surface area contributed by atoms with E-state index >= 15 is 0 Å². The van der Waals surface area contributed by atoms with Crippen molar-refractivity contribution in [1.82, 2.24) is 10.2 Å². The van der Waals surface area contributed by atoms with Crippen molar-refractivity contribution in [3.63, 3.8) is 0 Å². The maximum Gasteiger partial charge on any atom is 0.234 e. The number of thioether (sulfide) groups is 1. The summed E-state index contributed by atoms with van der Waals surface area (Å²) in [7, 11) is 0. The molecule has 100 valence electrons. The second kappa shape index (κ2) is 6.53. The van der Waals surface area contributed by atoms with E-state index in [0.29, 0.717) is 15.2 Å². The maximum absolute atomic E-state index is 11.8. The Bertz CT molecular complexity index is 602. The van der Waals surface area contributed by atoms with Crippen LogP contribution in [0.1, 0.15) is 5.56 Å². The van der Waals surface area contributed by atoms with E-state index in [4.69, 9.17) is 5.73 Å². The van der Waals surface area contributed by atoms with Crippen LogP contribution >= 0.6 is 45.7 Å². The number of hydrogen-bond donors (Lipinski definition) is 2. The third kappa shape index (κ3) is 4.32. The minimum Gasteiger partial charge on any atom is -0.374 e. The summed E-state index contributed by atoms with van der Waals surface area (Å²) in [6.45, 7) is 1.97. The number of carbonyl (C=O) groups is 1. The van der Waals surface area contributed by atoms with Gasteiger partial charge in [0, 0.05) is 9.26 Å². The number of rotatable bonds is 4. The normalized spacial score (nSPS) is 10.4. The van der Waals surface area contributed by atoms with Gasteiger partial charge in [0.05, 0.1) is 5.75 Å². The summed E-state index contributed by atoms with van der Waals surface area (Å²) < 4.78 is 1.85. The van der Waals surface area contributed by atoms with Gasteiger partial charge in [-0.15, -0.1) is 10.2 Å². The summed E-state index contributed by atoms with van der Waals surface area (Å²) in [5, 5.41) is 10.8. The summed E-state index contributed by atoms with van der Waals surface area (Å²) in [4.78, 5) is 11.8. The molecular formula is C11H11IN4OS2. The molecule has 0 unspecified atom stereocenters. The largest absolute Gasteiger partial charge is 0.374 e. The van der Waals surface area contributed by atoms with E-state index < -0.39 is 0 Å². The van der Waals surface area contributed by atoms with Crippen molar-refractivity contribution in [2.45, 2.75) is 11.3 Å². The second-order valence-corrected chi connectivity index (χ2v) is 7.18. The predicted octanol–water partition coefficient (Wildman–Crippen LogP) is 2.76. The monoisotopic (exact) mass is 406 g/mol. The number of benzene rings is 1. The molecule has 1 amide bonds. The van der Waals surface area contributed by atoms with Crippen molar-refractivity contribution in [2.24, 2.45) is 0 Å². The third-order valence-electron chi connectivity index (χ3n) is 2.21. The Kier molecular flexibility index (Phi) is 4.99. The van der Waals surface area contributed by atoms with Crippen LogP contribution in [-0.2, 0) is 4.79 Å². The lowest BCUT2D eigenvalue weighted by molar-refractivity contribution is -0.113. The van der Waals surface area contributed by atoms with E-state index in [-0.39, 0.29) is 5.91 Å². The molecule has 0 atom stereocenters. The summed E-state index contributed by atoms with van der Waals surface area (Å²) in [6, 6.07) is 5.89. The molecule has 8 heteroatoms. The summed E-state index contributed by atoms with van der Waals surface area (Å²) in [5.41, 5.74) is 7.36. The fraction of sp³-hybridized carbons (Fsp3) is 0.182. The fourth-order valence-corrected chi connectivity index (χ4v) is 3.44. The van der Waals surface area contributed by atoms with E-state index in [0.717, 1.165) is 14.8 Å². The number of carbonyl (C=O) groups excluding carboxylic acids is 1. The highest BCUT2D eigenvalue weighted by Crippen LogP contribution is 2.24. The van der Waals surface area contributed by atoms with Gasteiger partial charge in [-0.05, 0) is 53.3 Å². The minimum atomic E-state index is -0.0666. The molecule has 1 aromatic heterocycles. The molecule has 0 aliphatic carbocycles. The second-order valence-electron chi connectivity index (χ2n) is 3.70. The van der Waals surface area contributed by atoms with E-state index in [2.05, 4.69) is 38.1 Å². The molecule has 0 saturated heterocycles. The van der Waals surface area contributed by atoms with Crippen LogP contribution in [0.25, 0.3) is 0 Å². The number of hydrogen-bond acceptors (Lipinski definition) is 6. The molecule has 5 nitrogen and oxygen atoms in total. The number of aryl methyl sites for hydroxylation is 1. The highest BCUT2D eigenvalue weighted by molar-refractivity contribution is 14.1. The third-order valence-corrected chi connectivity index (χ3v) is 4.77. The molecule has 0 aliphatic rings. The summed E-state index contributed by atoms with van der Waals surface area (Å²) in [6.07, 6.45) is 0. The van der Waals surface area contributed by atoms with Crippen molar-refractivity contribution >= 4 is 62.4 Å². The van der Waals surface area contributed by atoms with Crippen LogP contribution in [0.5, 0.6) is 0 Å². The molecule has 0 fully saturated rings. The van der Waals surface area contributed by atoms with Crippen LogP contribution in [0.4, 0.5) is 10.8 Å². The fourth-order valence-electron chi connectivity index (χ4n) is 1.36. The number of aromatic nitrogens is 2. The Morgan fingerprint density at radius 2 is 2.32 bits per heavy atom. The smallest absolute Gasteiger partial charge is 0.234 e. The summed E-state index contributed by atoms with van der Waals surface area (Å²) in [5.74, 6) is 0.225. The zero-order valence-corrected chi connectivity index (χ0v) is 13.8. The van der Waals surface area contributed by atoms with Gasteiger partial charge in [-0.3, -0.25) is 4.79 Å². The minimum absolute atomic E-state index is 0.0666. The van der Waals surface area contributed by atoms with Crippen molar-refractivity contribution in [3.05, 3.63) is 27.3 Å². The lowest BCUT2D eigenvalue weighted by atomic mass is 10.2. The molecule has 19 heavy (non-hydrogen) atoms. The maximum atomic E-state index is 11.8.